The zero-order chi connectivity index (χ0) is 17.2. The molecular weight excluding hydrogens is 304 g/mol. The van der Waals surface area contributed by atoms with Crippen LogP contribution in [-0.4, -0.2) is 48.4 Å². The minimum absolute atomic E-state index is 0.0175. The molecule has 1 heterocycles. The fourth-order valence-electron chi connectivity index (χ4n) is 3.54. The van der Waals surface area contributed by atoms with E-state index in [4.69, 9.17) is 0 Å². The minimum Gasteiger partial charge on any atom is -0.356 e. The first-order valence-electron chi connectivity index (χ1n) is 9.22. The van der Waals surface area contributed by atoms with Crippen molar-refractivity contribution in [2.24, 2.45) is 17.8 Å². The van der Waals surface area contributed by atoms with E-state index in [0.717, 1.165) is 38.8 Å². The first kappa shape index (κ1) is 17.2. The van der Waals surface area contributed by atoms with Gasteiger partial charge in [-0.25, -0.2) is 0 Å². The van der Waals surface area contributed by atoms with Gasteiger partial charge >= 0.3 is 0 Å². The van der Waals surface area contributed by atoms with Crippen molar-refractivity contribution in [3.63, 3.8) is 0 Å². The van der Waals surface area contributed by atoms with Crippen molar-refractivity contribution in [2.45, 2.75) is 51.0 Å². The fourth-order valence-corrected chi connectivity index (χ4v) is 3.54. The fraction of sp³-hybridized carbons (Fsp3) is 0.833. The monoisotopic (exact) mass is 332 g/mol. The Morgan fingerprint density at radius 1 is 1.25 bits per heavy atom. The standard InChI is InChI=1S/C18H28N4O2/c1-18(12-19,15-6-7-15)21-16(23)11-22-8-2-3-14(10-22)17(24)20-9-13-4-5-13/h13-15H,2-11H2,1H3,(H,20,24)(H,21,23). The number of likely N-dealkylation sites (tertiary alicyclic amines) is 1. The van der Waals surface area contributed by atoms with E-state index >= 15 is 0 Å². The highest BCUT2D eigenvalue weighted by atomic mass is 16.2. The highest BCUT2D eigenvalue weighted by Gasteiger charge is 2.43. The van der Waals surface area contributed by atoms with Crippen LogP contribution in [0.25, 0.3) is 0 Å². The largest absolute Gasteiger partial charge is 0.356 e. The van der Waals surface area contributed by atoms with E-state index in [1.54, 1.807) is 0 Å². The van der Waals surface area contributed by atoms with Gasteiger partial charge in [-0.05, 0) is 63.8 Å². The van der Waals surface area contributed by atoms with E-state index in [0.29, 0.717) is 12.5 Å². The highest BCUT2D eigenvalue weighted by molar-refractivity contribution is 5.80. The first-order chi connectivity index (χ1) is 11.5. The Bertz CT molecular complexity index is 536. The molecular formula is C18H28N4O2. The molecule has 24 heavy (non-hydrogen) atoms. The third kappa shape index (κ3) is 4.47. The number of nitrogens with one attached hydrogen (secondary N) is 2. The summed E-state index contributed by atoms with van der Waals surface area (Å²) in [7, 11) is 0. The molecule has 2 amide bonds. The Morgan fingerprint density at radius 3 is 2.62 bits per heavy atom. The van der Waals surface area contributed by atoms with Gasteiger partial charge in [0.15, 0.2) is 0 Å². The summed E-state index contributed by atoms with van der Waals surface area (Å²) in [6.07, 6.45) is 6.32. The van der Waals surface area contributed by atoms with Crippen molar-refractivity contribution in [3.05, 3.63) is 0 Å². The lowest BCUT2D eigenvalue weighted by atomic mass is 9.96. The van der Waals surface area contributed by atoms with Crippen molar-refractivity contribution in [1.82, 2.24) is 15.5 Å². The summed E-state index contributed by atoms with van der Waals surface area (Å²) in [5.74, 6) is 0.979. The van der Waals surface area contributed by atoms with Crippen LogP contribution in [0, 0.1) is 29.1 Å². The second-order valence-corrected chi connectivity index (χ2v) is 7.90. The van der Waals surface area contributed by atoms with Gasteiger partial charge in [-0.1, -0.05) is 0 Å². The lowest BCUT2D eigenvalue weighted by Crippen LogP contribution is -2.52. The molecule has 132 valence electrons. The SMILES string of the molecule is CC(C#N)(NC(=O)CN1CCCC(C(=O)NCC2CC2)C1)C1CC1. The predicted molar refractivity (Wildman–Crippen MR) is 89.8 cm³/mol. The average Bonchev–Trinajstić information content (AvgIpc) is 3.45. The molecule has 6 heteroatoms. The molecule has 1 aliphatic heterocycles. The van der Waals surface area contributed by atoms with Gasteiger partial charge < -0.3 is 10.6 Å². The van der Waals surface area contributed by atoms with Crippen LogP contribution in [0.2, 0.25) is 0 Å². The van der Waals surface area contributed by atoms with Gasteiger partial charge in [0.1, 0.15) is 5.54 Å². The molecule has 2 N–H and O–H groups in total. The van der Waals surface area contributed by atoms with Crippen LogP contribution in [0.3, 0.4) is 0 Å². The van der Waals surface area contributed by atoms with Crippen LogP contribution in [0.5, 0.6) is 0 Å². The van der Waals surface area contributed by atoms with Crippen molar-refractivity contribution in [2.75, 3.05) is 26.2 Å². The Kier molecular flexibility index (Phi) is 5.09. The summed E-state index contributed by atoms with van der Waals surface area (Å²) in [4.78, 5) is 26.6. The van der Waals surface area contributed by atoms with Gasteiger partial charge in [-0.2, -0.15) is 5.26 Å². The number of nitriles is 1. The van der Waals surface area contributed by atoms with Crippen molar-refractivity contribution >= 4 is 11.8 Å². The van der Waals surface area contributed by atoms with E-state index in [9.17, 15) is 14.9 Å². The molecule has 0 aromatic heterocycles. The summed E-state index contributed by atoms with van der Waals surface area (Å²) in [5, 5.41) is 15.3. The second kappa shape index (κ2) is 7.10. The number of amides is 2. The van der Waals surface area contributed by atoms with E-state index < -0.39 is 5.54 Å². The quantitative estimate of drug-likeness (QED) is 0.729. The molecule has 3 aliphatic rings. The number of carbonyl (C=O) groups excluding carboxylic acids is 2. The van der Waals surface area contributed by atoms with Crippen LogP contribution in [0.4, 0.5) is 0 Å². The summed E-state index contributed by atoms with van der Waals surface area (Å²) in [6, 6.07) is 2.25. The average molecular weight is 332 g/mol. The second-order valence-electron chi connectivity index (χ2n) is 7.90. The molecule has 0 bridgehead atoms. The maximum atomic E-state index is 12.3. The van der Waals surface area contributed by atoms with E-state index in [2.05, 4.69) is 16.7 Å². The molecule has 2 atom stereocenters. The summed E-state index contributed by atoms with van der Waals surface area (Å²) < 4.78 is 0. The lowest BCUT2D eigenvalue weighted by Gasteiger charge is -2.32. The molecule has 2 saturated carbocycles. The van der Waals surface area contributed by atoms with E-state index in [1.807, 2.05) is 11.8 Å². The van der Waals surface area contributed by atoms with Gasteiger partial charge in [0, 0.05) is 13.1 Å². The number of nitrogens with zero attached hydrogens (tertiary/aromatic N) is 2. The van der Waals surface area contributed by atoms with E-state index in [1.165, 1.54) is 12.8 Å². The molecule has 1 saturated heterocycles. The molecule has 0 radical (unpaired) electrons. The molecule has 3 fully saturated rings. The normalized spacial score (nSPS) is 26.9. The number of rotatable bonds is 7. The summed E-state index contributed by atoms with van der Waals surface area (Å²) in [6.45, 7) is 4.37. The number of carbonyl (C=O) groups is 2. The van der Waals surface area contributed by atoms with Gasteiger partial charge in [-0.15, -0.1) is 0 Å². The smallest absolute Gasteiger partial charge is 0.235 e. The number of piperidine rings is 1. The zero-order valence-corrected chi connectivity index (χ0v) is 14.5. The Hall–Kier alpha value is -1.61. The zero-order valence-electron chi connectivity index (χ0n) is 14.5. The Morgan fingerprint density at radius 2 is 2.00 bits per heavy atom. The maximum Gasteiger partial charge on any atom is 0.235 e. The van der Waals surface area contributed by atoms with Crippen molar-refractivity contribution in [1.29, 1.82) is 5.26 Å². The minimum atomic E-state index is -0.742. The van der Waals surface area contributed by atoms with Gasteiger partial charge in [0.05, 0.1) is 18.5 Å². The molecule has 2 unspecified atom stereocenters. The molecule has 3 rings (SSSR count). The van der Waals surface area contributed by atoms with E-state index in [-0.39, 0.29) is 30.2 Å². The van der Waals surface area contributed by atoms with Gasteiger partial charge in [0.25, 0.3) is 0 Å². The maximum absolute atomic E-state index is 12.3. The Balaban J connectivity index is 1.44. The lowest BCUT2D eigenvalue weighted by molar-refractivity contribution is -0.129. The van der Waals surface area contributed by atoms with Crippen LogP contribution < -0.4 is 10.6 Å². The first-order valence-corrected chi connectivity index (χ1v) is 9.22. The summed E-state index contributed by atoms with van der Waals surface area (Å²) >= 11 is 0. The van der Waals surface area contributed by atoms with Gasteiger partial charge in [-0.3, -0.25) is 14.5 Å². The Labute approximate surface area is 144 Å². The molecule has 0 spiro atoms. The third-order valence-electron chi connectivity index (χ3n) is 5.53. The molecule has 0 aromatic rings. The molecule has 6 nitrogen and oxygen atoms in total. The van der Waals surface area contributed by atoms with Gasteiger partial charge in [0.2, 0.25) is 11.8 Å². The van der Waals surface area contributed by atoms with Crippen LogP contribution in [-0.2, 0) is 9.59 Å². The number of hydrogen-bond donors (Lipinski definition) is 2. The molecule has 2 aliphatic carbocycles. The highest BCUT2D eigenvalue weighted by Crippen LogP contribution is 2.39. The van der Waals surface area contributed by atoms with Crippen molar-refractivity contribution < 1.29 is 9.59 Å². The van der Waals surface area contributed by atoms with Crippen molar-refractivity contribution in [3.8, 4) is 6.07 Å². The molecule has 0 aromatic carbocycles. The topological polar surface area (TPSA) is 85.2 Å². The number of hydrogen-bond acceptors (Lipinski definition) is 4. The summed E-state index contributed by atoms with van der Waals surface area (Å²) in [5.41, 5.74) is -0.742. The third-order valence-corrected chi connectivity index (χ3v) is 5.53. The van der Waals surface area contributed by atoms with Crippen LogP contribution in [0.1, 0.15) is 45.4 Å². The predicted octanol–water partition coefficient (Wildman–Crippen LogP) is 1.03. The van der Waals surface area contributed by atoms with Crippen LogP contribution >= 0.6 is 0 Å². The van der Waals surface area contributed by atoms with Crippen LogP contribution in [0.15, 0.2) is 0 Å².